The average Bonchev–Trinajstić information content (AvgIpc) is 3.35. The van der Waals surface area contributed by atoms with Crippen molar-refractivity contribution in [2.45, 2.75) is 18.3 Å². The highest BCUT2D eigenvalue weighted by Gasteiger charge is 2.44. The first-order valence-electron chi connectivity index (χ1n) is 7.45. The largest absolute Gasteiger partial charge is 0.337 e. The molecule has 6 nitrogen and oxygen atoms in total. The Balaban J connectivity index is 1.62. The van der Waals surface area contributed by atoms with E-state index in [1.807, 2.05) is 18.2 Å². The zero-order valence-electron chi connectivity index (χ0n) is 12.5. The molecule has 2 aromatic carbocycles. The van der Waals surface area contributed by atoms with Crippen LogP contribution in [0.4, 0.5) is 16.2 Å². The number of carbonyl (C=O) groups is 1. The van der Waals surface area contributed by atoms with Crippen molar-refractivity contribution >= 4 is 17.4 Å². The molecule has 2 amide bonds. The number of nitrogens with one attached hydrogen (secondary N) is 2. The molecule has 2 aromatic rings. The molecule has 23 heavy (non-hydrogen) atoms. The van der Waals surface area contributed by atoms with Gasteiger partial charge in [-0.1, -0.05) is 42.5 Å². The van der Waals surface area contributed by atoms with Crippen LogP contribution in [0.3, 0.4) is 0 Å². The smallest absolute Gasteiger partial charge is 0.319 e. The normalized spacial score (nSPS) is 14.8. The van der Waals surface area contributed by atoms with Gasteiger partial charge in [-0.25, -0.2) is 4.79 Å². The highest BCUT2D eigenvalue weighted by atomic mass is 16.6. The minimum atomic E-state index is -0.512. The summed E-state index contributed by atoms with van der Waals surface area (Å²) >= 11 is 0. The number of carbonyl (C=O) groups excluding carboxylic acids is 1. The van der Waals surface area contributed by atoms with E-state index in [0.29, 0.717) is 6.54 Å². The van der Waals surface area contributed by atoms with E-state index < -0.39 is 11.0 Å². The topological polar surface area (TPSA) is 84.3 Å². The molecule has 1 saturated carbocycles. The molecule has 2 N–H and O–H groups in total. The van der Waals surface area contributed by atoms with Crippen molar-refractivity contribution < 1.29 is 9.72 Å². The molecule has 0 aliphatic heterocycles. The molecular weight excluding hydrogens is 294 g/mol. The lowest BCUT2D eigenvalue weighted by molar-refractivity contribution is -0.383. The molecule has 0 atom stereocenters. The number of urea groups is 1. The summed E-state index contributed by atoms with van der Waals surface area (Å²) in [6.07, 6.45) is 2.06. The van der Waals surface area contributed by atoms with E-state index in [9.17, 15) is 14.9 Å². The third-order valence-corrected chi connectivity index (χ3v) is 4.18. The highest BCUT2D eigenvalue weighted by Crippen LogP contribution is 2.47. The van der Waals surface area contributed by atoms with Gasteiger partial charge in [-0.15, -0.1) is 0 Å². The van der Waals surface area contributed by atoms with Crippen molar-refractivity contribution in [1.82, 2.24) is 5.32 Å². The molecule has 0 bridgehead atoms. The van der Waals surface area contributed by atoms with Gasteiger partial charge in [-0.3, -0.25) is 10.1 Å². The quantitative estimate of drug-likeness (QED) is 0.655. The molecule has 0 spiro atoms. The Kier molecular flexibility index (Phi) is 3.97. The number of hydrogen-bond acceptors (Lipinski definition) is 3. The van der Waals surface area contributed by atoms with Crippen molar-refractivity contribution in [2.24, 2.45) is 0 Å². The monoisotopic (exact) mass is 311 g/mol. The minimum absolute atomic E-state index is 0.00121. The fourth-order valence-corrected chi connectivity index (χ4v) is 2.66. The summed E-state index contributed by atoms with van der Waals surface area (Å²) < 4.78 is 0. The molecule has 1 aliphatic rings. The molecule has 118 valence electrons. The Labute approximate surface area is 133 Å². The third-order valence-electron chi connectivity index (χ3n) is 4.18. The van der Waals surface area contributed by atoms with Crippen LogP contribution >= 0.6 is 0 Å². The van der Waals surface area contributed by atoms with Gasteiger partial charge in [0.25, 0.3) is 5.69 Å². The molecular formula is C17H17N3O3. The van der Waals surface area contributed by atoms with Gasteiger partial charge in [0.1, 0.15) is 5.69 Å². The number of anilines is 1. The lowest BCUT2D eigenvalue weighted by atomic mass is 9.96. The molecule has 0 heterocycles. The lowest BCUT2D eigenvalue weighted by Crippen LogP contribution is -2.35. The van der Waals surface area contributed by atoms with E-state index in [1.165, 1.54) is 17.7 Å². The Morgan fingerprint density at radius 2 is 1.74 bits per heavy atom. The molecule has 0 unspecified atom stereocenters. The second kappa shape index (κ2) is 6.08. The summed E-state index contributed by atoms with van der Waals surface area (Å²) in [6, 6.07) is 15.7. The van der Waals surface area contributed by atoms with Crippen LogP contribution in [0.15, 0.2) is 54.6 Å². The van der Waals surface area contributed by atoms with Crippen LogP contribution in [0.5, 0.6) is 0 Å². The minimum Gasteiger partial charge on any atom is -0.337 e. The van der Waals surface area contributed by atoms with E-state index in [1.54, 1.807) is 12.1 Å². The maximum atomic E-state index is 12.0. The van der Waals surface area contributed by atoms with Crippen molar-refractivity contribution in [3.63, 3.8) is 0 Å². The van der Waals surface area contributed by atoms with E-state index >= 15 is 0 Å². The van der Waals surface area contributed by atoms with Crippen molar-refractivity contribution in [1.29, 1.82) is 0 Å². The summed E-state index contributed by atoms with van der Waals surface area (Å²) in [5, 5.41) is 16.3. The molecule has 6 heteroatoms. The van der Waals surface area contributed by atoms with Crippen molar-refractivity contribution in [2.75, 3.05) is 11.9 Å². The van der Waals surface area contributed by atoms with Gasteiger partial charge >= 0.3 is 6.03 Å². The van der Waals surface area contributed by atoms with Gasteiger partial charge in [0.05, 0.1) is 4.92 Å². The maximum absolute atomic E-state index is 12.0. The number of benzene rings is 2. The molecule has 1 fully saturated rings. The maximum Gasteiger partial charge on any atom is 0.319 e. The fourth-order valence-electron chi connectivity index (χ4n) is 2.66. The van der Waals surface area contributed by atoms with Crippen LogP contribution in [0.1, 0.15) is 18.4 Å². The number of rotatable bonds is 5. The van der Waals surface area contributed by atoms with E-state index in [4.69, 9.17) is 0 Å². The Morgan fingerprint density at radius 1 is 1.09 bits per heavy atom. The van der Waals surface area contributed by atoms with Gasteiger partial charge in [-0.05, 0) is 24.5 Å². The predicted octanol–water partition coefficient (Wildman–Crippen LogP) is 3.45. The van der Waals surface area contributed by atoms with Gasteiger partial charge in [0, 0.05) is 18.0 Å². The molecule has 3 rings (SSSR count). The first-order valence-corrected chi connectivity index (χ1v) is 7.45. The second-order valence-electron chi connectivity index (χ2n) is 5.73. The van der Waals surface area contributed by atoms with Crippen LogP contribution in [0, 0.1) is 10.1 Å². The van der Waals surface area contributed by atoms with Crippen molar-refractivity contribution in [3.8, 4) is 0 Å². The number of nitro benzene ring substituents is 1. The lowest BCUT2D eigenvalue weighted by Gasteiger charge is -2.17. The standard InChI is InChI=1S/C17H17N3O3/c21-16(19-14-8-4-5-9-15(14)20(22)23)18-12-17(10-11-17)13-6-2-1-3-7-13/h1-9H,10-12H2,(H2,18,19,21). The number of amides is 2. The first-order chi connectivity index (χ1) is 11.1. The van der Waals surface area contributed by atoms with Crippen molar-refractivity contribution in [3.05, 3.63) is 70.3 Å². The SMILES string of the molecule is O=C(NCC1(c2ccccc2)CC1)Nc1ccccc1[N+](=O)[O-]. The van der Waals surface area contributed by atoms with Crippen LogP contribution < -0.4 is 10.6 Å². The van der Waals surface area contributed by atoms with E-state index in [-0.39, 0.29) is 16.8 Å². The molecule has 1 aliphatic carbocycles. The summed E-state index contributed by atoms with van der Waals surface area (Å²) in [6.45, 7) is 0.517. The summed E-state index contributed by atoms with van der Waals surface area (Å²) in [4.78, 5) is 22.5. The second-order valence-corrected chi connectivity index (χ2v) is 5.73. The third kappa shape index (κ3) is 3.31. The van der Waals surface area contributed by atoms with E-state index in [0.717, 1.165) is 12.8 Å². The van der Waals surface area contributed by atoms with Gasteiger partial charge in [0.2, 0.25) is 0 Å². The zero-order valence-corrected chi connectivity index (χ0v) is 12.5. The van der Waals surface area contributed by atoms with Crippen LogP contribution in [-0.4, -0.2) is 17.5 Å². The van der Waals surface area contributed by atoms with E-state index in [2.05, 4.69) is 22.8 Å². The highest BCUT2D eigenvalue weighted by molar-refractivity contribution is 5.91. The number of hydrogen-bond donors (Lipinski definition) is 2. The van der Waals surface area contributed by atoms with Crippen LogP contribution in [-0.2, 0) is 5.41 Å². The predicted molar refractivity (Wildman–Crippen MR) is 87.5 cm³/mol. The number of para-hydroxylation sites is 2. The van der Waals surface area contributed by atoms with Crippen LogP contribution in [0.2, 0.25) is 0 Å². The summed E-state index contributed by atoms with van der Waals surface area (Å²) in [7, 11) is 0. The first kappa shape index (κ1) is 15.0. The summed E-state index contributed by atoms with van der Waals surface area (Å²) in [5.41, 5.74) is 1.29. The van der Waals surface area contributed by atoms with Crippen LogP contribution in [0.25, 0.3) is 0 Å². The van der Waals surface area contributed by atoms with Gasteiger partial charge in [0.15, 0.2) is 0 Å². The average molecular weight is 311 g/mol. The number of nitro groups is 1. The Hall–Kier alpha value is -2.89. The fraction of sp³-hybridized carbons (Fsp3) is 0.235. The summed E-state index contributed by atoms with van der Waals surface area (Å²) in [5.74, 6) is 0. The molecule has 0 aromatic heterocycles. The van der Waals surface area contributed by atoms with Gasteiger partial charge in [-0.2, -0.15) is 0 Å². The Bertz CT molecular complexity index is 727. The zero-order chi connectivity index (χ0) is 16.3. The Morgan fingerprint density at radius 3 is 2.39 bits per heavy atom. The van der Waals surface area contributed by atoms with Gasteiger partial charge < -0.3 is 10.6 Å². The number of nitrogens with zero attached hydrogens (tertiary/aromatic N) is 1. The molecule has 0 radical (unpaired) electrons. The molecule has 0 saturated heterocycles.